The van der Waals surface area contributed by atoms with E-state index in [-0.39, 0.29) is 37.4 Å². The molecule has 2 N–H and O–H groups in total. The minimum atomic E-state index is -4.31. The molecule has 1 fully saturated rings. The number of amides is 1. The highest BCUT2D eigenvalue weighted by molar-refractivity contribution is 5.85. The van der Waals surface area contributed by atoms with Crippen LogP contribution in [0.4, 0.5) is 13.2 Å². The summed E-state index contributed by atoms with van der Waals surface area (Å²) >= 11 is 0. The zero-order chi connectivity index (χ0) is 12.7. The quantitative estimate of drug-likeness (QED) is 0.746. The third-order valence-corrected chi connectivity index (χ3v) is 2.48. The number of ether oxygens (including phenoxy) is 1. The topological polar surface area (TPSA) is 50.4 Å². The average Bonchev–Trinajstić information content (AvgIpc) is 2.28. The Kier molecular flexibility index (Phi) is 8.30. The number of hydrogen-bond acceptors (Lipinski definition) is 3. The predicted octanol–water partition coefficient (Wildman–Crippen LogP) is 1.10. The van der Waals surface area contributed by atoms with Gasteiger partial charge in [0.05, 0.1) is 12.5 Å². The van der Waals surface area contributed by atoms with Gasteiger partial charge in [-0.05, 0) is 19.4 Å². The standard InChI is InChI=1S/C10H17F3N2O2.ClH/c11-10(12,13)7-17-5-4-15-9(16)8-2-1-3-14-6-8;/h8,14H,1-7H2,(H,15,16);1H. The lowest BCUT2D eigenvalue weighted by atomic mass is 9.99. The van der Waals surface area contributed by atoms with Crippen molar-refractivity contribution in [2.24, 2.45) is 5.92 Å². The first-order valence-corrected chi connectivity index (χ1v) is 5.62. The van der Waals surface area contributed by atoms with Gasteiger partial charge in [0.15, 0.2) is 0 Å². The van der Waals surface area contributed by atoms with Gasteiger partial charge in [0.2, 0.25) is 5.91 Å². The van der Waals surface area contributed by atoms with Crippen molar-refractivity contribution in [2.75, 3.05) is 32.8 Å². The molecule has 0 aromatic carbocycles. The van der Waals surface area contributed by atoms with E-state index in [1.807, 2.05) is 0 Å². The molecular formula is C10H18ClF3N2O2. The molecule has 0 bridgehead atoms. The zero-order valence-corrected chi connectivity index (χ0v) is 10.7. The third-order valence-electron chi connectivity index (χ3n) is 2.48. The van der Waals surface area contributed by atoms with Gasteiger partial charge in [0.25, 0.3) is 0 Å². The van der Waals surface area contributed by atoms with Crippen LogP contribution >= 0.6 is 12.4 Å². The maximum Gasteiger partial charge on any atom is 0.411 e. The van der Waals surface area contributed by atoms with Crippen LogP contribution in [-0.4, -0.2) is 44.9 Å². The van der Waals surface area contributed by atoms with Crippen molar-refractivity contribution in [3.05, 3.63) is 0 Å². The number of rotatable bonds is 5. The molecule has 0 saturated carbocycles. The van der Waals surface area contributed by atoms with Crippen molar-refractivity contribution in [1.29, 1.82) is 0 Å². The first-order valence-electron chi connectivity index (χ1n) is 5.62. The minimum absolute atomic E-state index is 0. The fraction of sp³-hybridized carbons (Fsp3) is 0.900. The first-order chi connectivity index (χ1) is 7.99. The zero-order valence-electron chi connectivity index (χ0n) is 9.89. The highest BCUT2D eigenvalue weighted by Crippen LogP contribution is 2.14. The number of carbonyl (C=O) groups is 1. The number of hydrogen-bond donors (Lipinski definition) is 2. The summed E-state index contributed by atoms with van der Waals surface area (Å²) < 4.78 is 39.5. The predicted molar refractivity (Wildman–Crippen MR) is 62.7 cm³/mol. The molecule has 1 saturated heterocycles. The molecule has 18 heavy (non-hydrogen) atoms. The monoisotopic (exact) mass is 290 g/mol. The smallest absolute Gasteiger partial charge is 0.370 e. The summed E-state index contributed by atoms with van der Waals surface area (Å²) in [6.07, 6.45) is -2.54. The van der Waals surface area contributed by atoms with Crippen LogP contribution in [0.5, 0.6) is 0 Å². The molecular weight excluding hydrogens is 273 g/mol. The summed E-state index contributed by atoms with van der Waals surface area (Å²) in [5, 5.41) is 5.66. The van der Waals surface area contributed by atoms with Crippen LogP contribution in [-0.2, 0) is 9.53 Å². The van der Waals surface area contributed by atoms with Gasteiger partial charge in [-0.25, -0.2) is 0 Å². The highest BCUT2D eigenvalue weighted by atomic mass is 35.5. The molecule has 0 aromatic heterocycles. The van der Waals surface area contributed by atoms with E-state index in [4.69, 9.17) is 0 Å². The second-order valence-electron chi connectivity index (χ2n) is 4.00. The number of nitrogens with one attached hydrogen (secondary N) is 2. The molecule has 1 atom stereocenters. The Morgan fingerprint density at radius 1 is 1.44 bits per heavy atom. The molecule has 1 aliphatic rings. The van der Waals surface area contributed by atoms with Gasteiger partial charge in [0.1, 0.15) is 6.61 Å². The van der Waals surface area contributed by atoms with Gasteiger partial charge >= 0.3 is 6.18 Å². The molecule has 1 unspecified atom stereocenters. The fourth-order valence-electron chi connectivity index (χ4n) is 1.65. The van der Waals surface area contributed by atoms with Crippen LogP contribution < -0.4 is 10.6 Å². The van der Waals surface area contributed by atoms with Crippen LogP contribution in [0.3, 0.4) is 0 Å². The van der Waals surface area contributed by atoms with Crippen molar-refractivity contribution in [3.63, 3.8) is 0 Å². The highest BCUT2D eigenvalue weighted by Gasteiger charge is 2.27. The minimum Gasteiger partial charge on any atom is -0.370 e. The second kappa shape index (κ2) is 8.55. The van der Waals surface area contributed by atoms with E-state index >= 15 is 0 Å². The molecule has 1 rings (SSSR count). The van der Waals surface area contributed by atoms with Crippen molar-refractivity contribution in [2.45, 2.75) is 19.0 Å². The van der Waals surface area contributed by atoms with Gasteiger partial charge in [-0.3, -0.25) is 4.79 Å². The molecule has 108 valence electrons. The van der Waals surface area contributed by atoms with E-state index in [0.717, 1.165) is 19.4 Å². The Morgan fingerprint density at radius 3 is 2.72 bits per heavy atom. The van der Waals surface area contributed by atoms with Crippen molar-refractivity contribution < 1.29 is 22.7 Å². The van der Waals surface area contributed by atoms with Gasteiger partial charge in [-0.15, -0.1) is 12.4 Å². The van der Waals surface area contributed by atoms with Crippen LogP contribution in [0.25, 0.3) is 0 Å². The Morgan fingerprint density at radius 2 is 2.17 bits per heavy atom. The number of piperidine rings is 1. The van der Waals surface area contributed by atoms with Gasteiger partial charge in [0, 0.05) is 13.1 Å². The van der Waals surface area contributed by atoms with Crippen LogP contribution in [0.1, 0.15) is 12.8 Å². The van der Waals surface area contributed by atoms with Crippen LogP contribution in [0.15, 0.2) is 0 Å². The average molecular weight is 291 g/mol. The van der Waals surface area contributed by atoms with Crippen LogP contribution in [0.2, 0.25) is 0 Å². The molecule has 8 heteroatoms. The van der Waals surface area contributed by atoms with E-state index < -0.39 is 12.8 Å². The fourth-order valence-corrected chi connectivity index (χ4v) is 1.65. The Bertz CT molecular complexity index is 246. The van der Waals surface area contributed by atoms with Gasteiger partial charge in [-0.2, -0.15) is 13.2 Å². The normalized spacial score (nSPS) is 20.1. The Balaban J connectivity index is 0.00000289. The summed E-state index contributed by atoms with van der Waals surface area (Å²) in [7, 11) is 0. The largest absolute Gasteiger partial charge is 0.411 e. The van der Waals surface area contributed by atoms with Crippen molar-refractivity contribution in [3.8, 4) is 0 Å². The summed E-state index contributed by atoms with van der Waals surface area (Å²) in [4.78, 5) is 11.5. The Hall–Kier alpha value is -0.530. The van der Waals surface area contributed by atoms with Gasteiger partial charge < -0.3 is 15.4 Å². The molecule has 1 aliphatic heterocycles. The lowest BCUT2D eigenvalue weighted by Crippen LogP contribution is -2.41. The number of carbonyl (C=O) groups excluding carboxylic acids is 1. The van der Waals surface area contributed by atoms with Crippen LogP contribution in [0, 0.1) is 5.92 Å². The molecule has 4 nitrogen and oxygen atoms in total. The van der Waals surface area contributed by atoms with E-state index in [9.17, 15) is 18.0 Å². The molecule has 1 heterocycles. The van der Waals surface area contributed by atoms with E-state index in [1.165, 1.54) is 0 Å². The maximum atomic E-state index is 11.7. The summed E-state index contributed by atoms with van der Waals surface area (Å²) in [6.45, 7) is 0.276. The lowest BCUT2D eigenvalue weighted by molar-refractivity contribution is -0.173. The van der Waals surface area contributed by atoms with Crippen molar-refractivity contribution >= 4 is 18.3 Å². The lowest BCUT2D eigenvalue weighted by Gasteiger charge is -2.21. The molecule has 1 amide bonds. The summed E-state index contributed by atoms with van der Waals surface area (Å²) in [5.74, 6) is -0.195. The number of alkyl halides is 3. The second-order valence-corrected chi connectivity index (χ2v) is 4.00. The van der Waals surface area contributed by atoms with E-state index in [1.54, 1.807) is 0 Å². The van der Waals surface area contributed by atoms with Gasteiger partial charge in [-0.1, -0.05) is 0 Å². The molecule has 0 radical (unpaired) electrons. The van der Waals surface area contributed by atoms with Crippen molar-refractivity contribution in [1.82, 2.24) is 10.6 Å². The summed E-state index contributed by atoms with van der Waals surface area (Å²) in [5.41, 5.74) is 0. The van der Waals surface area contributed by atoms with E-state index in [2.05, 4.69) is 15.4 Å². The first kappa shape index (κ1) is 17.5. The molecule has 0 spiro atoms. The molecule has 0 aromatic rings. The Labute approximate surface area is 110 Å². The SMILES string of the molecule is Cl.O=C(NCCOCC(F)(F)F)C1CCCNC1. The number of halogens is 4. The maximum absolute atomic E-state index is 11.7. The third kappa shape index (κ3) is 7.73. The summed E-state index contributed by atoms with van der Waals surface area (Å²) in [6, 6.07) is 0. The van der Waals surface area contributed by atoms with E-state index in [0.29, 0.717) is 6.54 Å². The molecule has 0 aliphatic carbocycles.